The predicted molar refractivity (Wildman–Crippen MR) is 177 cm³/mol. The van der Waals surface area contributed by atoms with E-state index in [1.54, 1.807) is 6.21 Å². The molecule has 206 valence electrons. The molecule has 3 heterocycles. The lowest BCUT2D eigenvalue weighted by molar-refractivity contribution is 1.01. The maximum absolute atomic E-state index is 4.72. The quantitative estimate of drug-likeness (QED) is 0.307. The van der Waals surface area contributed by atoms with Crippen molar-refractivity contribution in [1.29, 1.82) is 0 Å². The molecule has 0 saturated carbocycles. The molecule has 0 bridgehead atoms. The molecule has 0 atom stereocenters. The molecular weight excluding hydrogens is 512 g/mol. The van der Waals surface area contributed by atoms with E-state index in [9.17, 15) is 0 Å². The smallest absolute Gasteiger partial charge is 0.271 e. The van der Waals surface area contributed by atoms with Crippen molar-refractivity contribution in [2.45, 2.75) is 41.5 Å². The number of anilines is 2. The van der Waals surface area contributed by atoms with Crippen LogP contribution >= 0.6 is 0 Å². The van der Waals surface area contributed by atoms with E-state index in [0.29, 0.717) is 0 Å². The average Bonchev–Trinajstić information content (AvgIpc) is 3.36. The second kappa shape index (κ2) is 11.2. The van der Waals surface area contributed by atoms with E-state index >= 15 is 0 Å². The number of hydrogen-bond donors (Lipinski definition) is 0. The molecule has 42 heavy (non-hydrogen) atoms. The van der Waals surface area contributed by atoms with Crippen molar-refractivity contribution < 1.29 is 0 Å². The zero-order valence-electron chi connectivity index (χ0n) is 25.3. The topological polar surface area (TPSA) is 31.2 Å². The maximum atomic E-state index is 4.72. The fourth-order valence-corrected chi connectivity index (χ4v) is 6.62. The Bertz CT molecular complexity index is 1660. The third-order valence-electron chi connectivity index (χ3n) is 8.03. The maximum Gasteiger partial charge on any atom is 0.271 e. The third kappa shape index (κ3) is 5.03. The summed E-state index contributed by atoms with van der Waals surface area (Å²) in [5.41, 5.74) is 15.1. The fraction of sp³-hybridized carbons (Fsp3) is 0.211. The Morgan fingerprint density at radius 3 is 1.81 bits per heavy atom. The molecule has 6 rings (SSSR count). The number of hydrogen-bond acceptors (Lipinski definition) is 4. The highest BCUT2D eigenvalue weighted by Crippen LogP contribution is 2.42. The zero-order chi connectivity index (χ0) is 29.4. The normalized spacial score (nSPS) is 17.0. The largest absolute Gasteiger partial charge is 0.323 e. The van der Waals surface area contributed by atoms with E-state index in [0.717, 1.165) is 46.8 Å². The van der Waals surface area contributed by atoms with E-state index in [-0.39, 0.29) is 0 Å². The van der Waals surface area contributed by atoms with E-state index in [1.807, 2.05) is 24.4 Å². The van der Waals surface area contributed by atoms with Gasteiger partial charge in [0.1, 0.15) is 29.4 Å². The van der Waals surface area contributed by atoms with Crippen molar-refractivity contribution >= 4 is 29.9 Å². The van der Waals surface area contributed by atoms with Gasteiger partial charge in [0, 0.05) is 30.5 Å². The van der Waals surface area contributed by atoms with Crippen LogP contribution in [0.25, 0.3) is 6.08 Å². The summed E-state index contributed by atoms with van der Waals surface area (Å²) >= 11 is 0. The molecule has 0 aliphatic carbocycles. The van der Waals surface area contributed by atoms with Crippen molar-refractivity contribution in [3.05, 3.63) is 146 Å². The predicted octanol–water partition coefficient (Wildman–Crippen LogP) is 8.26. The van der Waals surface area contributed by atoms with Crippen LogP contribution in [0.5, 0.6) is 0 Å². The van der Waals surface area contributed by atoms with Gasteiger partial charge in [-0.1, -0.05) is 75.7 Å². The van der Waals surface area contributed by atoms with E-state index in [2.05, 4.69) is 123 Å². The van der Waals surface area contributed by atoms with Crippen LogP contribution in [0.1, 0.15) is 38.9 Å². The minimum absolute atomic E-state index is 0.866. The van der Waals surface area contributed by atoms with Crippen LogP contribution in [0.15, 0.2) is 105 Å². The lowest BCUT2D eigenvalue weighted by Gasteiger charge is -2.30. The van der Waals surface area contributed by atoms with Crippen LogP contribution in [-0.4, -0.2) is 25.5 Å². The standard InChI is InChI=1S/C38H36N4/c1-25-17-27(3)36(28(4)18-25)41-15-16-42(37-29(5)19-26(2)20-30(37)6)38(41)35-24-40-23-34(32-13-10-14-39-22-32)33(35)21-31-11-8-7-9-12-31/h7-14,17-21,24H,15-16H2,1-6H3/q+2. The molecule has 0 aromatic heterocycles. The van der Waals surface area contributed by atoms with E-state index < -0.39 is 0 Å². The van der Waals surface area contributed by atoms with Crippen molar-refractivity contribution in [3.8, 4) is 0 Å². The molecule has 0 amide bonds. The number of allylic oxidation sites excluding steroid dienone is 6. The van der Waals surface area contributed by atoms with Gasteiger partial charge in [-0.3, -0.25) is 0 Å². The molecule has 4 heteroatoms. The van der Waals surface area contributed by atoms with E-state index in [1.165, 1.54) is 44.8 Å². The van der Waals surface area contributed by atoms with Gasteiger partial charge in [0.15, 0.2) is 12.4 Å². The van der Waals surface area contributed by atoms with Gasteiger partial charge in [0.05, 0.1) is 12.2 Å². The van der Waals surface area contributed by atoms with Gasteiger partial charge in [-0.05, 0) is 69.4 Å². The Balaban J connectivity index is 1.65. The lowest BCUT2D eigenvalue weighted by Crippen LogP contribution is -2.28. The second-order valence-electron chi connectivity index (χ2n) is 11.4. The molecule has 1 fully saturated rings. The first-order valence-corrected chi connectivity index (χ1v) is 14.5. The summed E-state index contributed by atoms with van der Waals surface area (Å²) in [5, 5.41) is 0. The summed E-state index contributed by atoms with van der Waals surface area (Å²) in [4.78, 5) is 14.0. The van der Waals surface area contributed by atoms with Gasteiger partial charge in [-0.2, -0.15) is 0 Å². The Labute approximate surface area is 250 Å². The van der Waals surface area contributed by atoms with Gasteiger partial charge < -0.3 is 9.80 Å². The molecule has 0 spiro atoms. The van der Waals surface area contributed by atoms with Crippen molar-refractivity contribution in [2.75, 3.05) is 22.9 Å². The first-order chi connectivity index (χ1) is 20.3. The molecule has 3 aromatic rings. The van der Waals surface area contributed by atoms with Gasteiger partial charge in [-0.25, -0.2) is 0 Å². The van der Waals surface area contributed by atoms with Crippen LogP contribution in [0.3, 0.4) is 0 Å². The van der Waals surface area contributed by atoms with Crippen molar-refractivity contribution in [1.82, 2.24) is 0 Å². The number of nitrogens with zero attached hydrogens (tertiary/aromatic N) is 4. The Kier molecular flexibility index (Phi) is 7.27. The molecule has 0 radical (unpaired) electrons. The second-order valence-corrected chi connectivity index (χ2v) is 11.4. The van der Waals surface area contributed by atoms with Crippen LogP contribution < -0.4 is 9.80 Å². The minimum Gasteiger partial charge on any atom is -0.323 e. The van der Waals surface area contributed by atoms with E-state index in [4.69, 9.17) is 4.99 Å². The summed E-state index contributed by atoms with van der Waals surface area (Å²) < 4.78 is 0. The highest BCUT2D eigenvalue weighted by atomic mass is 15.4. The molecule has 0 N–H and O–H groups in total. The van der Waals surface area contributed by atoms with Crippen LogP contribution in [0.2, 0.25) is 0 Å². The van der Waals surface area contributed by atoms with Gasteiger partial charge in [-0.15, -0.1) is 0 Å². The summed E-state index contributed by atoms with van der Waals surface area (Å²) in [6.45, 7) is 15.0. The van der Waals surface area contributed by atoms with Gasteiger partial charge >= 0.3 is 0 Å². The highest BCUT2D eigenvalue weighted by Gasteiger charge is 2.41. The van der Waals surface area contributed by atoms with Gasteiger partial charge in [0.25, 0.3) is 11.1 Å². The van der Waals surface area contributed by atoms with Crippen LogP contribution in [0, 0.1) is 53.9 Å². The molecule has 4 nitrogen and oxygen atoms in total. The Hall–Kier alpha value is -4.88. The Morgan fingerprint density at radius 1 is 0.714 bits per heavy atom. The molecule has 0 unspecified atom stereocenters. The van der Waals surface area contributed by atoms with Crippen molar-refractivity contribution in [2.24, 2.45) is 9.98 Å². The first-order valence-electron chi connectivity index (χ1n) is 14.5. The average molecular weight is 549 g/mol. The number of benzene rings is 3. The zero-order valence-corrected chi connectivity index (χ0v) is 25.3. The first kappa shape index (κ1) is 27.3. The number of aliphatic imine (C=N–C) groups is 2. The summed E-state index contributed by atoms with van der Waals surface area (Å²) in [5.74, 6) is 1.13. The van der Waals surface area contributed by atoms with Gasteiger partial charge in [0.2, 0.25) is 0 Å². The molecular formula is C38H36N4+2. The van der Waals surface area contributed by atoms with Crippen LogP contribution in [-0.2, 0) is 0 Å². The summed E-state index contributed by atoms with van der Waals surface area (Å²) in [7, 11) is 0. The fourth-order valence-electron chi connectivity index (χ4n) is 6.62. The highest BCUT2D eigenvalue weighted by molar-refractivity contribution is 5.97. The summed E-state index contributed by atoms with van der Waals surface area (Å²) in [6.07, 6.45) is 16.4. The van der Waals surface area contributed by atoms with Crippen molar-refractivity contribution in [3.63, 3.8) is 0 Å². The molecule has 3 aliphatic heterocycles. The Morgan fingerprint density at radius 2 is 1.29 bits per heavy atom. The molecule has 1 saturated heterocycles. The SMILES string of the molecule is Cc1cc(C)c(N2CCN(c3c(C)cc(C)cc3C)C2=C2C=N[C+]=C(C3=[C+]N=CC=C3)C2=Cc2ccccc2)c(C)c1. The third-order valence-corrected chi connectivity index (χ3v) is 8.03. The lowest BCUT2D eigenvalue weighted by atomic mass is 9.89. The van der Waals surface area contributed by atoms with Crippen LogP contribution in [0.4, 0.5) is 11.4 Å². The number of aryl methyl sites for hydroxylation is 6. The number of rotatable bonds is 4. The molecule has 3 aliphatic rings. The minimum atomic E-state index is 0.866. The molecule has 3 aromatic carbocycles. The summed E-state index contributed by atoms with van der Waals surface area (Å²) in [6, 6.07) is 19.6. The monoisotopic (exact) mass is 548 g/mol.